The lowest BCUT2D eigenvalue weighted by atomic mass is 10.1. The maximum Gasteiger partial charge on any atom is 0.123 e. The highest BCUT2D eigenvalue weighted by Gasteiger charge is 2.08. The molecular weight excluding hydrogens is 228 g/mol. The molecule has 2 nitrogen and oxygen atoms in total. The Labute approximate surface area is 107 Å². The van der Waals surface area contributed by atoms with E-state index in [9.17, 15) is 0 Å². The van der Waals surface area contributed by atoms with E-state index >= 15 is 0 Å². The molecule has 2 N–H and O–H groups in total. The number of thiazole rings is 1. The summed E-state index contributed by atoms with van der Waals surface area (Å²) in [6, 6.07) is 8.66. The third kappa shape index (κ3) is 2.73. The molecule has 0 amide bonds. The summed E-state index contributed by atoms with van der Waals surface area (Å²) >= 11 is 1.76. The van der Waals surface area contributed by atoms with Crippen molar-refractivity contribution in [1.82, 2.24) is 4.98 Å². The van der Waals surface area contributed by atoms with Gasteiger partial charge in [-0.1, -0.05) is 31.2 Å². The highest BCUT2D eigenvalue weighted by molar-refractivity contribution is 7.15. The number of nitrogens with zero attached hydrogens (tertiary/aromatic N) is 1. The van der Waals surface area contributed by atoms with Gasteiger partial charge in [-0.05, 0) is 31.9 Å². The van der Waals surface area contributed by atoms with E-state index in [-0.39, 0.29) is 0 Å². The zero-order chi connectivity index (χ0) is 12.3. The summed E-state index contributed by atoms with van der Waals surface area (Å²) in [5.74, 6) is 0. The maximum absolute atomic E-state index is 5.59. The number of nitrogens with two attached hydrogens (primary N) is 1. The Hall–Kier alpha value is -1.19. The number of aryl methyl sites for hydroxylation is 2. The van der Waals surface area contributed by atoms with Crippen LogP contribution in [0.1, 0.15) is 23.1 Å². The maximum atomic E-state index is 5.59. The van der Waals surface area contributed by atoms with E-state index in [1.165, 1.54) is 16.0 Å². The fourth-order valence-electron chi connectivity index (χ4n) is 1.80. The Morgan fingerprint density at radius 1 is 1.24 bits per heavy atom. The quantitative estimate of drug-likeness (QED) is 0.900. The first-order valence-electron chi connectivity index (χ1n) is 6.00. The molecule has 0 aliphatic heterocycles. The van der Waals surface area contributed by atoms with E-state index in [1.807, 2.05) is 0 Å². The second-order valence-electron chi connectivity index (χ2n) is 4.12. The molecular formula is C14H18N2S. The van der Waals surface area contributed by atoms with Gasteiger partial charge < -0.3 is 5.73 Å². The molecule has 1 heterocycles. The third-order valence-corrected chi connectivity index (χ3v) is 4.14. The first kappa shape index (κ1) is 12.3. The topological polar surface area (TPSA) is 38.9 Å². The van der Waals surface area contributed by atoms with Crippen LogP contribution in [0.3, 0.4) is 0 Å². The summed E-state index contributed by atoms with van der Waals surface area (Å²) in [7, 11) is 0. The summed E-state index contributed by atoms with van der Waals surface area (Å²) in [5, 5.41) is 1.11. The van der Waals surface area contributed by atoms with E-state index in [4.69, 9.17) is 5.73 Å². The first-order chi connectivity index (χ1) is 8.24. The molecule has 0 atom stereocenters. The van der Waals surface area contributed by atoms with Gasteiger partial charge in [0.25, 0.3) is 0 Å². The van der Waals surface area contributed by atoms with Crippen molar-refractivity contribution in [2.45, 2.75) is 26.7 Å². The average molecular weight is 246 g/mol. The van der Waals surface area contributed by atoms with Crippen molar-refractivity contribution >= 4 is 11.3 Å². The van der Waals surface area contributed by atoms with Crippen LogP contribution in [0.4, 0.5) is 0 Å². The molecule has 90 valence electrons. The second kappa shape index (κ2) is 5.43. The van der Waals surface area contributed by atoms with Crippen molar-refractivity contribution in [3.8, 4) is 10.6 Å². The monoisotopic (exact) mass is 246 g/mol. The number of hydrogen-bond acceptors (Lipinski definition) is 3. The average Bonchev–Trinajstić information content (AvgIpc) is 2.72. The Kier molecular flexibility index (Phi) is 3.92. The van der Waals surface area contributed by atoms with Crippen LogP contribution >= 0.6 is 11.3 Å². The van der Waals surface area contributed by atoms with E-state index in [2.05, 4.69) is 43.1 Å². The zero-order valence-electron chi connectivity index (χ0n) is 10.4. The van der Waals surface area contributed by atoms with Crippen molar-refractivity contribution in [3.63, 3.8) is 0 Å². The summed E-state index contributed by atoms with van der Waals surface area (Å²) in [6.45, 7) is 4.92. The fourth-order valence-corrected chi connectivity index (χ4v) is 2.88. The van der Waals surface area contributed by atoms with Crippen LogP contribution < -0.4 is 5.73 Å². The second-order valence-corrected chi connectivity index (χ2v) is 5.20. The van der Waals surface area contributed by atoms with E-state index in [1.54, 1.807) is 11.3 Å². The van der Waals surface area contributed by atoms with E-state index < -0.39 is 0 Å². The molecule has 0 saturated carbocycles. The number of rotatable bonds is 4. The summed E-state index contributed by atoms with van der Waals surface area (Å²) in [6.07, 6.45) is 2.01. The zero-order valence-corrected chi connectivity index (χ0v) is 11.2. The van der Waals surface area contributed by atoms with Crippen molar-refractivity contribution in [3.05, 3.63) is 40.4 Å². The fraction of sp³-hybridized carbons (Fsp3) is 0.357. The third-order valence-electron chi connectivity index (χ3n) is 2.87. The number of hydrogen-bond donors (Lipinski definition) is 1. The lowest BCUT2D eigenvalue weighted by Gasteiger charge is -1.98. The van der Waals surface area contributed by atoms with Gasteiger partial charge in [0, 0.05) is 10.4 Å². The molecule has 0 aliphatic rings. The van der Waals surface area contributed by atoms with Crippen molar-refractivity contribution in [1.29, 1.82) is 0 Å². The van der Waals surface area contributed by atoms with Crippen molar-refractivity contribution < 1.29 is 0 Å². The predicted molar refractivity (Wildman–Crippen MR) is 74.4 cm³/mol. The minimum absolute atomic E-state index is 0.692. The minimum atomic E-state index is 0.692. The summed E-state index contributed by atoms with van der Waals surface area (Å²) in [4.78, 5) is 5.93. The van der Waals surface area contributed by atoms with Gasteiger partial charge in [-0.3, -0.25) is 0 Å². The van der Waals surface area contributed by atoms with Gasteiger partial charge in [-0.25, -0.2) is 4.98 Å². The van der Waals surface area contributed by atoms with Crippen LogP contribution in [0.25, 0.3) is 10.6 Å². The Morgan fingerprint density at radius 3 is 2.53 bits per heavy atom. The Balaban J connectivity index is 2.29. The van der Waals surface area contributed by atoms with Crippen molar-refractivity contribution in [2.75, 3.05) is 6.54 Å². The molecule has 0 spiro atoms. The minimum Gasteiger partial charge on any atom is -0.330 e. The van der Waals surface area contributed by atoms with Crippen LogP contribution in [0.2, 0.25) is 0 Å². The van der Waals surface area contributed by atoms with Gasteiger partial charge in [0.15, 0.2) is 0 Å². The number of benzene rings is 1. The van der Waals surface area contributed by atoms with E-state index in [0.717, 1.165) is 23.5 Å². The molecule has 0 aliphatic carbocycles. The van der Waals surface area contributed by atoms with Gasteiger partial charge >= 0.3 is 0 Å². The molecule has 2 aromatic rings. The van der Waals surface area contributed by atoms with Crippen molar-refractivity contribution in [2.24, 2.45) is 5.73 Å². The highest BCUT2D eigenvalue weighted by atomic mass is 32.1. The summed E-state index contributed by atoms with van der Waals surface area (Å²) < 4.78 is 0. The molecule has 17 heavy (non-hydrogen) atoms. The van der Waals surface area contributed by atoms with Crippen LogP contribution in [0.5, 0.6) is 0 Å². The largest absolute Gasteiger partial charge is 0.330 e. The molecule has 3 heteroatoms. The molecule has 0 radical (unpaired) electrons. The van der Waals surface area contributed by atoms with Crippen LogP contribution in [0, 0.1) is 6.92 Å². The van der Waals surface area contributed by atoms with Crippen LogP contribution in [-0.4, -0.2) is 11.5 Å². The van der Waals surface area contributed by atoms with Gasteiger partial charge in [-0.15, -0.1) is 11.3 Å². The highest BCUT2D eigenvalue weighted by Crippen LogP contribution is 2.28. The van der Waals surface area contributed by atoms with E-state index in [0.29, 0.717) is 6.54 Å². The van der Waals surface area contributed by atoms with Gasteiger partial charge in [-0.2, -0.15) is 0 Å². The molecule has 1 aromatic carbocycles. The predicted octanol–water partition coefficient (Wildman–Crippen LogP) is 3.18. The molecule has 0 saturated heterocycles. The standard InChI is InChI=1S/C14H18N2S/c1-3-11-4-6-12(7-5-11)14-16-10(2)13(17-14)8-9-15/h4-7H,3,8-9,15H2,1-2H3. The Bertz CT molecular complexity index is 485. The van der Waals surface area contributed by atoms with Gasteiger partial charge in [0.2, 0.25) is 0 Å². The lowest BCUT2D eigenvalue weighted by molar-refractivity contribution is 0.970. The number of aromatic nitrogens is 1. The first-order valence-corrected chi connectivity index (χ1v) is 6.82. The molecule has 0 unspecified atom stereocenters. The van der Waals surface area contributed by atoms with Crippen LogP contribution in [0.15, 0.2) is 24.3 Å². The lowest BCUT2D eigenvalue weighted by Crippen LogP contribution is -2.01. The summed E-state index contributed by atoms with van der Waals surface area (Å²) in [5.41, 5.74) is 9.29. The smallest absolute Gasteiger partial charge is 0.123 e. The molecule has 0 fully saturated rings. The van der Waals surface area contributed by atoms with Crippen LogP contribution in [-0.2, 0) is 12.8 Å². The SMILES string of the molecule is CCc1ccc(-c2nc(C)c(CCN)s2)cc1. The molecule has 2 rings (SSSR count). The van der Waals surface area contributed by atoms with Gasteiger partial charge in [0.05, 0.1) is 5.69 Å². The molecule has 0 bridgehead atoms. The molecule has 1 aromatic heterocycles. The van der Waals surface area contributed by atoms with Gasteiger partial charge in [0.1, 0.15) is 5.01 Å². The normalized spacial score (nSPS) is 10.8. The Morgan fingerprint density at radius 2 is 1.94 bits per heavy atom.